The first-order valence-corrected chi connectivity index (χ1v) is 10.0. The highest BCUT2D eigenvalue weighted by atomic mass is 35.5. The van der Waals surface area contributed by atoms with Gasteiger partial charge in [-0.1, -0.05) is 48.5 Å². The van der Waals surface area contributed by atoms with Gasteiger partial charge in [0.05, 0.1) is 5.56 Å². The maximum atomic E-state index is 12.6. The van der Waals surface area contributed by atoms with Crippen molar-refractivity contribution in [3.63, 3.8) is 0 Å². The molecule has 0 atom stereocenters. The highest BCUT2D eigenvalue weighted by Crippen LogP contribution is 2.29. The van der Waals surface area contributed by atoms with Crippen LogP contribution in [0.5, 0.6) is 0 Å². The van der Waals surface area contributed by atoms with Crippen molar-refractivity contribution in [3.8, 4) is 0 Å². The van der Waals surface area contributed by atoms with Crippen LogP contribution in [0.1, 0.15) is 36.0 Å². The number of likely N-dealkylation sites (tertiary alicyclic amines) is 1. The van der Waals surface area contributed by atoms with E-state index in [1.807, 2.05) is 6.07 Å². The third-order valence-electron chi connectivity index (χ3n) is 5.45. The molecule has 0 bridgehead atoms. The molecule has 0 aliphatic carbocycles. The SMILES string of the molecule is Cl.O=C(C=Cc1ccc(C(F)(F)F)cc1)CCN1CCC(Cc2ccccc2)CC1. The Hall–Kier alpha value is -2.11. The van der Waals surface area contributed by atoms with Crippen molar-refractivity contribution in [3.05, 3.63) is 77.4 Å². The number of halogens is 4. The summed E-state index contributed by atoms with van der Waals surface area (Å²) in [6, 6.07) is 15.4. The zero-order chi connectivity index (χ0) is 20.7. The lowest BCUT2D eigenvalue weighted by atomic mass is 9.90. The van der Waals surface area contributed by atoms with Gasteiger partial charge < -0.3 is 4.90 Å². The minimum absolute atomic E-state index is 0. The molecule has 1 fully saturated rings. The van der Waals surface area contributed by atoms with E-state index in [4.69, 9.17) is 0 Å². The molecule has 2 nitrogen and oxygen atoms in total. The number of hydrogen-bond donors (Lipinski definition) is 0. The number of allylic oxidation sites excluding steroid dienone is 1. The third kappa shape index (κ3) is 7.62. The lowest BCUT2D eigenvalue weighted by Crippen LogP contribution is -2.35. The van der Waals surface area contributed by atoms with Gasteiger partial charge in [-0.05, 0) is 67.6 Å². The van der Waals surface area contributed by atoms with Crippen LogP contribution in [-0.4, -0.2) is 30.3 Å². The van der Waals surface area contributed by atoms with Gasteiger partial charge in [-0.15, -0.1) is 12.4 Å². The minimum Gasteiger partial charge on any atom is -0.303 e. The van der Waals surface area contributed by atoms with Crippen molar-refractivity contribution in [2.24, 2.45) is 5.92 Å². The van der Waals surface area contributed by atoms with Crippen molar-refractivity contribution in [2.45, 2.75) is 31.9 Å². The Kier molecular flexibility index (Phi) is 9.12. The topological polar surface area (TPSA) is 20.3 Å². The second-order valence-corrected chi connectivity index (χ2v) is 7.64. The third-order valence-corrected chi connectivity index (χ3v) is 5.45. The summed E-state index contributed by atoms with van der Waals surface area (Å²) in [6.45, 7) is 2.75. The standard InChI is InChI=1S/C24H26F3NO.ClH/c25-24(26,27)22-9-6-19(7-10-22)8-11-23(29)14-17-28-15-12-21(13-16-28)18-20-4-2-1-3-5-20;/h1-11,21H,12-18H2;1H. The fourth-order valence-electron chi connectivity index (χ4n) is 3.69. The first-order valence-electron chi connectivity index (χ1n) is 10.0. The number of alkyl halides is 3. The molecule has 1 saturated heterocycles. The number of piperidine rings is 1. The van der Waals surface area contributed by atoms with Gasteiger partial charge in [0.15, 0.2) is 5.78 Å². The van der Waals surface area contributed by atoms with Crippen molar-refractivity contribution >= 4 is 24.3 Å². The summed E-state index contributed by atoms with van der Waals surface area (Å²) in [6.07, 6.45) is 2.53. The molecular weight excluding hydrogens is 411 g/mol. The van der Waals surface area contributed by atoms with Crippen LogP contribution in [0.2, 0.25) is 0 Å². The van der Waals surface area contributed by atoms with E-state index in [1.54, 1.807) is 6.08 Å². The fourth-order valence-corrected chi connectivity index (χ4v) is 3.69. The largest absolute Gasteiger partial charge is 0.416 e. The molecule has 0 N–H and O–H groups in total. The number of carbonyl (C=O) groups is 1. The maximum Gasteiger partial charge on any atom is 0.416 e. The fraction of sp³-hybridized carbons (Fsp3) is 0.375. The average molecular weight is 438 g/mol. The first-order chi connectivity index (χ1) is 13.9. The van der Waals surface area contributed by atoms with Crippen molar-refractivity contribution in [1.82, 2.24) is 4.90 Å². The van der Waals surface area contributed by atoms with Crippen molar-refractivity contribution in [2.75, 3.05) is 19.6 Å². The van der Waals surface area contributed by atoms with Gasteiger partial charge in [-0.3, -0.25) is 4.79 Å². The van der Waals surface area contributed by atoms with Gasteiger partial charge in [0.25, 0.3) is 0 Å². The van der Waals surface area contributed by atoms with E-state index in [2.05, 4.69) is 29.2 Å². The summed E-state index contributed by atoms with van der Waals surface area (Å²) in [7, 11) is 0. The molecule has 162 valence electrons. The predicted octanol–water partition coefficient (Wildman–Crippen LogP) is 6.05. The number of ketones is 1. The average Bonchev–Trinajstić information content (AvgIpc) is 2.72. The monoisotopic (exact) mass is 437 g/mol. The highest BCUT2D eigenvalue weighted by molar-refractivity contribution is 5.93. The number of nitrogens with zero attached hydrogens (tertiary/aromatic N) is 1. The highest BCUT2D eigenvalue weighted by Gasteiger charge is 2.29. The van der Waals surface area contributed by atoms with Crippen LogP contribution < -0.4 is 0 Å². The van der Waals surface area contributed by atoms with Crippen LogP contribution in [0.15, 0.2) is 60.7 Å². The number of benzene rings is 2. The predicted molar refractivity (Wildman–Crippen MR) is 117 cm³/mol. The van der Waals surface area contributed by atoms with Crippen molar-refractivity contribution < 1.29 is 18.0 Å². The summed E-state index contributed by atoms with van der Waals surface area (Å²) in [4.78, 5) is 14.4. The summed E-state index contributed by atoms with van der Waals surface area (Å²) >= 11 is 0. The summed E-state index contributed by atoms with van der Waals surface area (Å²) in [5.41, 5.74) is 1.29. The van der Waals surface area contributed by atoms with Gasteiger partial charge in [-0.25, -0.2) is 0 Å². The second kappa shape index (κ2) is 11.3. The molecule has 0 amide bonds. The zero-order valence-corrected chi connectivity index (χ0v) is 17.6. The van der Waals surface area contributed by atoms with Gasteiger partial charge in [0, 0.05) is 13.0 Å². The first kappa shape index (κ1) is 24.2. The van der Waals surface area contributed by atoms with Gasteiger partial charge >= 0.3 is 6.18 Å². The molecule has 1 aliphatic rings. The van der Waals surface area contributed by atoms with E-state index < -0.39 is 11.7 Å². The molecule has 0 radical (unpaired) electrons. The van der Waals surface area contributed by atoms with Crippen LogP contribution in [0, 0.1) is 5.92 Å². The Morgan fingerprint density at radius 2 is 1.63 bits per heavy atom. The van der Waals surface area contributed by atoms with Crippen LogP contribution >= 0.6 is 12.4 Å². The lowest BCUT2D eigenvalue weighted by Gasteiger charge is -2.31. The molecule has 0 saturated carbocycles. The second-order valence-electron chi connectivity index (χ2n) is 7.64. The number of carbonyl (C=O) groups excluding carboxylic acids is 1. The van der Waals surface area contributed by atoms with Crippen LogP contribution in [-0.2, 0) is 17.4 Å². The van der Waals surface area contributed by atoms with Crippen LogP contribution in [0.4, 0.5) is 13.2 Å². The van der Waals surface area contributed by atoms with Gasteiger partial charge in [0.2, 0.25) is 0 Å². The van der Waals surface area contributed by atoms with E-state index in [-0.39, 0.29) is 18.2 Å². The molecule has 1 aliphatic heterocycles. The quantitative estimate of drug-likeness (QED) is 0.491. The molecule has 1 heterocycles. The molecule has 2 aromatic carbocycles. The molecule has 0 unspecified atom stereocenters. The number of rotatable bonds is 7. The van der Waals surface area contributed by atoms with E-state index >= 15 is 0 Å². The molecule has 3 rings (SSSR count). The van der Waals surface area contributed by atoms with E-state index in [9.17, 15) is 18.0 Å². The smallest absolute Gasteiger partial charge is 0.303 e. The summed E-state index contributed by atoms with van der Waals surface area (Å²) in [5.74, 6) is 0.695. The number of hydrogen-bond acceptors (Lipinski definition) is 2. The normalized spacial score (nSPS) is 15.8. The Balaban J connectivity index is 0.00000320. The molecular formula is C24H27ClF3NO. The zero-order valence-electron chi connectivity index (χ0n) is 16.8. The maximum absolute atomic E-state index is 12.6. The van der Waals surface area contributed by atoms with Crippen LogP contribution in [0.25, 0.3) is 6.08 Å². The van der Waals surface area contributed by atoms with E-state index in [0.29, 0.717) is 17.9 Å². The lowest BCUT2D eigenvalue weighted by molar-refractivity contribution is -0.137. The summed E-state index contributed by atoms with van der Waals surface area (Å²) < 4.78 is 37.7. The van der Waals surface area contributed by atoms with Crippen molar-refractivity contribution in [1.29, 1.82) is 0 Å². The Morgan fingerprint density at radius 1 is 1.00 bits per heavy atom. The van der Waals surface area contributed by atoms with Crippen LogP contribution in [0.3, 0.4) is 0 Å². The van der Waals surface area contributed by atoms with E-state index in [1.165, 1.54) is 23.8 Å². The van der Waals surface area contributed by atoms with E-state index in [0.717, 1.165) is 51.0 Å². The minimum atomic E-state index is -4.34. The van der Waals surface area contributed by atoms with Gasteiger partial charge in [0.1, 0.15) is 0 Å². The Morgan fingerprint density at radius 3 is 2.23 bits per heavy atom. The molecule has 6 heteroatoms. The molecule has 0 spiro atoms. The molecule has 30 heavy (non-hydrogen) atoms. The Bertz CT molecular complexity index is 811. The Labute approximate surface area is 182 Å². The van der Waals surface area contributed by atoms with Gasteiger partial charge in [-0.2, -0.15) is 13.2 Å². The molecule has 2 aromatic rings. The summed E-state index contributed by atoms with van der Waals surface area (Å²) in [5, 5.41) is 0. The molecule has 0 aromatic heterocycles.